The van der Waals surface area contributed by atoms with Gasteiger partial charge in [0.25, 0.3) is 0 Å². The van der Waals surface area contributed by atoms with Crippen molar-refractivity contribution in [2.75, 3.05) is 18.7 Å². The number of nitrogens with zero attached hydrogens (tertiary/aromatic N) is 1. The average molecular weight is 406 g/mol. The summed E-state index contributed by atoms with van der Waals surface area (Å²) < 4.78 is 16.2. The molecule has 0 saturated carbocycles. The summed E-state index contributed by atoms with van der Waals surface area (Å²) in [6.07, 6.45) is 1.61. The highest BCUT2D eigenvalue weighted by Gasteiger charge is 2.21. The second kappa shape index (κ2) is 8.84. The molecule has 1 aliphatic rings. The molecule has 1 aromatic heterocycles. The van der Waals surface area contributed by atoms with Crippen LogP contribution in [0.25, 0.3) is 0 Å². The number of carbonyl (C=O) groups is 2. The van der Waals surface area contributed by atoms with Crippen molar-refractivity contribution in [2.24, 2.45) is 0 Å². The van der Waals surface area contributed by atoms with Crippen LogP contribution in [0.4, 0.5) is 5.69 Å². The van der Waals surface area contributed by atoms with Gasteiger partial charge in [-0.1, -0.05) is 30.3 Å². The number of hydrogen-bond acceptors (Lipinski definition) is 6. The van der Waals surface area contributed by atoms with E-state index in [4.69, 9.17) is 13.9 Å². The van der Waals surface area contributed by atoms with Gasteiger partial charge in [0.1, 0.15) is 5.76 Å². The number of fused-ring (bicyclic) bond motifs is 1. The first-order valence-electron chi connectivity index (χ1n) is 9.61. The van der Waals surface area contributed by atoms with Crippen LogP contribution >= 0.6 is 0 Å². The van der Waals surface area contributed by atoms with Gasteiger partial charge in [-0.2, -0.15) is 0 Å². The van der Waals surface area contributed by atoms with E-state index < -0.39 is 0 Å². The zero-order valence-corrected chi connectivity index (χ0v) is 16.6. The summed E-state index contributed by atoms with van der Waals surface area (Å²) in [7, 11) is 0. The van der Waals surface area contributed by atoms with E-state index in [0.717, 1.165) is 11.3 Å². The van der Waals surface area contributed by atoms with Gasteiger partial charge in [0.2, 0.25) is 12.7 Å². The minimum atomic E-state index is -0.237. The molecule has 7 heteroatoms. The number of amides is 1. The maximum absolute atomic E-state index is 12.8. The smallest absolute Gasteiger partial charge is 0.238 e. The maximum atomic E-state index is 12.8. The summed E-state index contributed by atoms with van der Waals surface area (Å²) >= 11 is 0. The van der Waals surface area contributed by atoms with Crippen LogP contribution in [0.2, 0.25) is 0 Å². The van der Waals surface area contributed by atoms with E-state index in [0.29, 0.717) is 35.8 Å². The first kappa shape index (κ1) is 19.7. The van der Waals surface area contributed by atoms with Gasteiger partial charge in [-0.15, -0.1) is 0 Å². The van der Waals surface area contributed by atoms with Gasteiger partial charge in [-0.3, -0.25) is 14.5 Å². The van der Waals surface area contributed by atoms with E-state index >= 15 is 0 Å². The fraction of sp³-hybridized carbons (Fsp3) is 0.217. The maximum Gasteiger partial charge on any atom is 0.238 e. The molecular weight excluding hydrogens is 384 g/mol. The predicted molar refractivity (Wildman–Crippen MR) is 110 cm³/mol. The summed E-state index contributed by atoms with van der Waals surface area (Å²) in [6, 6.07) is 16.8. The number of hydrogen-bond donors (Lipinski definition) is 1. The van der Waals surface area contributed by atoms with Crippen LogP contribution in [-0.2, 0) is 17.9 Å². The lowest BCUT2D eigenvalue weighted by molar-refractivity contribution is -0.117. The van der Waals surface area contributed by atoms with Crippen LogP contribution in [0.5, 0.6) is 11.5 Å². The van der Waals surface area contributed by atoms with Crippen molar-refractivity contribution in [1.82, 2.24) is 4.90 Å². The number of ether oxygens (including phenoxy) is 2. The van der Waals surface area contributed by atoms with Crippen molar-refractivity contribution < 1.29 is 23.5 Å². The molecule has 154 valence electrons. The van der Waals surface area contributed by atoms with Gasteiger partial charge in [0.15, 0.2) is 17.3 Å². The highest BCUT2D eigenvalue weighted by Crippen LogP contribution is 2.37. The van der Waals surface area contributed by atoms with Crippen LogP contribution in [0.3, 0.4) is 0 Å². The van der Waals surface area contributed by atoms with Crippen molar-refractivity contribution in [3.63, 3.8) is 0 Å². The van der Waals surface area contributed by atoms with E-state index in [9.17, 15) is 9.59 Å². The van der Waals surface area contributed by atoms with Gasteiger partial charge in [-0.25, -0.2) is 0 Å². The van der Waals surface area contributed by atoms with Gasteiger partial charge in [-0.05, 0) is 30.7 Å². The number of carbonyl (C=O) groups excluding carboxylic acids is 2. The van der Waals surface area contributed by atoms with Crippen LogP contribution in [0.15, 0.2) is 65.3 Å². The molecule has 0 atom stereocenters. The molecule has 0 aliphatic carbocycles. The first-order chi connectivity index (χ1) is 14.6. The summed E-state index contributed by atoms with van der Waals surface area (Å²) in [5, 5.41) is 2.85. The quantitative estimate of drug-likeness (QED) is 0.573. The Labute approximate surface area is 174 Å². The third-order valence-electron chi connectivity index (χ3n) is 4.74. The van der Waals surface area contributed by atoms with E-state index in [1.807, 2.05) is 47.4 Å². The van der Waals surface area contributed by atoms with Crippen molar-refractivity contribution >= 4 is 17.4 Å². The zero-order valence-electron chi connectivity index (χ0n) is 16.6. The van der Waals surface area contributed by atoms with Crippen LogP contribution in [0, 0.1) is 0 Å². The molecule has 0 saturated heterocycles. The lowest BCUT2D eigenvalue weighted by Gasteiger charge is -2.21. The number of anilines is 1. The standard InChI is InChI=1S/C23H22N2O5/c1-16(26)19-10-21-22(30-15-29-21)11-20(19)24-23(27)14-25(13-18-8-5-9-28-18)12-17-6-3-2-4-7-17/h2-11H,12-15H2,1H3,(H,24,27). The third kappa shape index (κ3) is 4.69. The lowest BCUT2D eigenvalue weighted by atomic mass is 10.1. The number of rotatable bonds is 8. The number of benzene rings is 2. The number of Topliss-reactive ketones (excluding diaryl/α,β-unsaturated/α-hetero) is 1. The molecule has 1 N–H and O–H groups in total. The lowest BCUT2D eigenvalue weighted by Crippen LogP contribution is -2.32. The molecule has 4 rings (SSSR count). The van der Waals surface area contributed by atoms with Crippen molar-refractivity contribution in [3.8, 4) is 11.5 Å². The predicted octanol–water partition coefficient (Wildman–Crippen LogP) is 3.85. The summed E-state index contributed by atoms with van der Waals surface area (Å²) in [6.45, 7) is 2.73. The summed E-state index contributed by atoms with van der Waals surface area (Å²) in [4.78, 5) is 26.9. The van der Waals surface area contributed by atoms with E-state index in [2.05, 4.69) is 5.32 Å². The second-order valence-electron chi connectivity index (χ2n) is 7.07. The Kier molecular flexibility index (Phi) is 5.81. The molecule has 0 radical (unpaired) electrons. The molecule has 3 aromatic rings. The van der Waals surface area contributed by atoms with Gasteiger partial charge in [0.05, 0.1) is 25.0 Å². The second-order valence-corrected chi connectivity index (χ2v) is 7.07. The minimum Gasteiger partial charge on any atom is -0.468 e. The fourth-order valence-corrected chi connectivity index (χ4v) is 3.36. The molecule has 0 spiro atoms. The van der Waals surface area contributed by atoms with E-state index in [1.165, 1.54) is 6.92 Å². The molecule has 0 bridgehead atoms. The monoisotopic (exact) mass is 406 g/mol. The van der Waals surface area contributed by atoms with Gasteiger partial charge in [0, 0.05) is 18.2 Å². The Balaban J connectivity index is 1.50. The summed E-state index contributed by atoms with van der Waals surface area (Å²) in [5.41, 5.74) is 1.88. The minimum absolute atomic E-state index is 0.0953. The van der Waals surface area contributed by atoms with Crippen LogP contribution in [0.1, 0.15) is 28.6 Å². The van der Waals surface area contributed by atoms with Gasteiger partial charge >= 0.3 is 0 Å². The van der Waals surface area contributed by atoms with Crippen molar-refractivity contribution in [3.05, 3.63) is 77.7 Å². The summed E-state index contributed by atoms with van der Waals surface area (Å²) in [5.74, 6) is 1.37. The number of nitrogens with one attached hydrogen (secondary N) is 1. The average Bonchev–Trinajstić information content (AvgIpc) is 3.39. The highest BCUT2D eigenvalue weighted by molar-refractivity contribution is 6.05. The molecular formula is C23H22N2O5. The Morgan fingerprint density at radius 2 is 1.77 bits per heavy atom. The molecule has 2 aromatic carbocycles. The molecule has 1 aliphatic heterocycles. The van der Waals surface area contributed by atoms with Crippen LogP contribution in [-0.4, -0.2) is 29.9 Å². The van der Waals surface area contributed by atoms with E-state index in [1.54, 1.807) is 18.4 Å². The topological polar surface area (TPSA) is 81.0 Å². The fourth-order valence-electron chi connectivity index (χ4n) is 3.36. The normalized spacial score (nSPS) is 12.2. The SMILES string of the molecule is CC(=O)c1cc2c(cc1NC(=O)CN(Cc1ccccc1)Cc1ccco1)OCO2. The first-order valence-corrected chi connectivity index (χ1v) is 9.61. The third-order valence-corrected chi connectivity index (χ3v) is 4.74. The van der Waals surface area contributed by atoms with Gasteiger partial charge < -0.3 is 19.2 Å². The zero-order chi connectivity index (χ0) is 20.9. The number of furan rings is 1. The van der Waals surface area contributed by atoms with E-state index in [-0.39, 0.29) is 25.0 Å². The highest BCUT2D eigenvalue weighted by atomic mass is 16.7. The Morgan fingerprint density at radius 3 is 2.47 bits per heavy atom. The number of ketones is 1. The van der Waals surface area contributed by atoms with Crippen LogP contribution < -0.4 is 14.8 Å². The van der Waals surface area contributed by atoms with Crippen molar-refractivity contribution in [1.29, 1.82) is 0 Å². The molecule has 1 amide bonds. The molecule has 0 fully saturated rings. The molecule has 7 nitrogen and oxygen atoms in total. The molecule has 30 heavy (non-hydrogen) atoms. The molecule has 2 heterocycles. The molecule has 0 unspecified atom stereocenters. The Morgan fingerprint density at radius 1 is 1.00 bits per heavy atom. The van der Waals surface area contributed by atoms with Crippen molar-refractivity contribution in [2.45, 2.75) is 20.0 Å². The Bertz CT molecular complexity index is 1030. The largest absolute Gasteiger partial charge is 0.468 e. The Hall–Kier alpha value is -3.58.